The van der Waals surface area contributed by atoms with Crippen molar-refractivity contribution in [2.75, 3.05) is 6.61 Å². The molecule has 0 spiro atoms. The van der Waals surface area contributed by atoms with Crippen LogP contribution in [0.4, 0.5) is 0 Å². The fourth-order valence-electron chi connectivity index (χ4n) is 0.993. The Hall–Kier alpha value is -1.15. The lowest BCUT2D eigenvalue weighted by Gasteiger charge is -2.08. The van der Waals surface area contributed by atoms with Gasteiger partial charge in [-0.3, -0.25) is 4.79 Å². The summed E-state index contributed by atoms with van der Waals surface area (Å²) in [6.07, 6.45) is 1.32. The molecule has 0 bridgehead atoms. The number of hydrogen-bond acceptors (Lipinski definition) is 2. The van der Waals surface area contributed by atoms with Crippen molar-refractivity contribution >= 4 is 6.29 Å². The van der Waals surface area contributed by atoms with E-state index in [2.05, 4.69) is 0 Å². The molecule has 0 heterocycles. The molecule has 0 aliphatic rings. The predicted molar refractivity (Wildman–Crippen MR) is 46.5 cm³/mol. The van der Waals surface area contributed by atoms with Gasteiger partial charge in [0.05, 0.1) is 0 Å². The molecule has 2 heteroatoms. The third kappa shape index (κ3) is 2.17. The minimum Gasteiger partial charge on any atom is -0.365 e. The molecule has 0 fully saturated rings. The van der Waals surface area contributed by atoms with E-state index in [0.29, 0.717) is 6.61 Å². The lowest BCUT2D eigenvalue weighted by atomic mass is 10.1. The van der Waals surface area contributed by atoms with Crippen LogP contribution in [0.1, 0.15) is 18.6 Å². The fraction of sp³-hybridized carbons (Fsp3) is 0.300. The van der Waals surface area contributed by atoms with E-state index < -0.39 is 6.10 Å². The fourth-order valence-corrected chi connectivity index (χ4v) is 0.993. The Bertz CT molecular complexity index is 231. The Kier molecular flexibility index (Phi) is 3.48. The van der Waals surface area contributed by atoms with Crippen LogP contribution in [0.25, 0.3) is 0 Å². The average molecular weight is 163 g/mol. The summed E-state index contributed by atoms with van der Waals surface area (Å²) in [5, 5.41) is 0. The molecule has 0 saturated carbocycles. The predicted octanol–water partition coefficient (Wildman–Crippen LogP) is 1.87. The van der Waals surface area contributed by atoms with Gasteiger partial charge in [0.1, 0.15) is 6.10 Å². The van der Waals surface area contributed by atoms with Crippen LogP contribution in [-0.2, 0) is 9.53 Å². The van der Waals surface area contributed by atoms with Crippen molar-refractivity contribution in [1.29, 1.82) is 0 Å². The molecule has 1 atom stereocenters. The van der Waals surface area contributed by atoms with Gasteiger partial charge in [0.25, 0.3) is 0 Å². The molecular weight excluding hydrogens is 152 g/mol. The molecule has 1 aromatic rings. The first-order chi connectivity index (χ1) is 5.88. The molecule has 12 heavy (non-hydrogen) atoms. The molecule has 1 rings (SSSR count). The molecular formula is C10H11O2. The van der Waals surface area contributed by atoms with Gasteiger partial charge in [0.2, 0.25) is 6.29 Å². The van der Waals surface area contributed by atoms with E-state index in [4.69, 9.17) is 4.74 Å². The van der Waals surface area contributed by atoms with E-state index in [1.165, 1.54) is 0 Å². The van der Waals surface area contributed by atoms with Gasteiger partial charge >= 0.3 is 0 Å². The van der Waals surface area contributed by atoms with Crippen molar-refractivity contribution in [3.8, 4) is 0 Å². The first kappa shape index (κ1) is 8.94. The van der Waals surface area contributed by atoms with E-state index in [9.17, 15) is 4.79 Å². The van der Waals surface area contributed by atoms with Gasteiger partial charge in [0, 0.05) is 6.61 Å². The summed E-state index contributed by atoms with van der Waals surface area (Å²) in [7, 11) is 0. The standard InChI is InChI=1S/C10H11O2/c1-2-12-10(8-11)9-6-4-3-5-7-9/h3-7,10H,2H2,1H3/t10-/m0/s1. The number of carbonyl (C=O) groups excluding carboxylic acids is 1. The molecule has 1 radical (unpaired) electrons. The molecule has 0 aliphatic carbocycles. The normalized spacial score (nSPS) is 12.4. The number of rotatable bonds is 4. The maximum Gasteiger partial charge on any atom is 0.234 e. The van der Waals surface area contributed by atoms with Gasteiger partial charge in [-0.2, -0.15) is 0 Å². The maximum absolute atomic E-state index is 10.4. The summed E-state index contributed by atoms with van der Waals surface area (Å²) >= 11 is 0. The highest BCUT2D eigenvalue weighted by atomic mass is 16.5. The Labute approximate surface area is 72.2 Å². The monoisotopic (exact) mass is 163 g/mol. The topological polar surface area (TPSA) is 26.3 Å². The second-order valence-corrected chi connectivity index (χ2v) is 2.36. The highest BCUT2D eigenvalue weighted by Crippen LogP contribution is 2.13. The Morgan fingerprint density at radius 1 is 1.42 bits per heavy atom. The molecule has 0 aromatic heterocycles. The summed E-state index contributed by atoms with van der Waals surface area (Å²) in [5.41, 5.74) is 0.856. The third-order valence-electron chi connectivity index (χ3n) is 1.54. The van der Waals surface area contributed by atoms with E-state index in [0.717, 1.165) is 5.56 Å². The maximum atomic E-state index is 10.4. The largest absolute Gasteiger partial charge is 0.365 e. The van der Waals surface area contributed by atoms with Crippen LogP contribution < -0.4 is 0 Å². The zero-order valence-corrected chi connectivity index (χ0v) is 6.99. The van der Waals surface area contributed by atoms with E-state index in [1.807, 2.05) is 43.5 Å². The third-order valence-corrected chi connectivity index (χ3v) is 1.54. The SMILES string of the molecule is CCO[C@@H]([C]=O)c1ccccc1. The molecule has 0 amide bonds. The first-order valence-corrected chi connectivity index (χ1v) is 3.92. The van der Waals surface area contributed by atoms with Crippen molar-refractivity contribution in [2.45, 2.75) is 13.0 Å². The summed E-state index contributed by atoms with van der Waals surface area (Å²) < 4.78 is 5.15. The van der Waals surface area contributed by atoms with Gasteiger partial charge < -0.3 is 4.74 Å². The molecule has 1 aromatic carbocycles. The molecule has 0 unspecified atom stereocenters. The highest BCUT2D eigenvalue weighted by molar-refractivity contribution is 5.60. The van der Waals surface area contributed by atoms with E-state index >= 15 is 0 Å². The second kappa shape index (κ2) is 4.67. The number of hydrogen-bond donors (Lipinski definition) is 0. The summed E-state index contributed by atoms with van der Waals surface area (Å²) in [6, 6.07) is 9.35. The Balaban J connectivity index is 2.73. The van der Waals surface area contributed by atoms with Crippen LogP contribution in [0.3, 0.4) is 0 Å². The Morgan fingerprint density at radius 3 is 2.58 bits per heavy atom. The number of ether oxygens (including phenoxy) is 1. The quantitative estimate of drug-likeness (QED) is 0.677. The molecule has 63 valence electrons. The Morgan fingerprint density at radius 2 is 2.08 bits per heavy atom. The van der Waals surface area contributed by atoms with Crippen LogP contribution in [0, 0.1) is 0 Å². The average Bonchev–Trinajstić information content (AvgIpc) is 2.15. The van der Waals surface area contributed by atoms with Crippen molar-refractivity contribution in [3.63, 3.8) is 0 Å². The van der Waals surface area contributed by atoms with Gasteiger partial charge in [0.15, 0.2) is 0 Å². The minimum atomic E-state index is -0.531. The van der Waals surface area contributed by atoms with Gasteiger partial charge in [-0.25, -0.2) is 0 Å². The summed E-state index contributed by atoms with van der Waals surface area (Å²) in [4.78, 5) is 10.4. The van der Waals surface area contributed by atoms with Crippen LogP contribution in [-0.4, -0.2) is 12.9 Å². The van der Waals surface area contributed by atoms with Crippen molar-refractivity contribution < 1.29 is 9.53 Å². The zero-order valence-electron chi connectivity index (χ0n) is 6.99. The van der Waals surface area contributed by atoms with Crippen molar-refractivity contribution in [3.05, 3.63) is 35.9 Å². The minimum absolute atomic E-state index is 0.523. The zero-order chi connectivity index (χ0) is 8.81. The molecule has 0 aliphatic heterocycles. The van der Waals surface area contributed by atoms with E-state index in [-0.39, 0.29) is 0 Å². The van der Waals surface area contributed by atoms with Crippen LogP contribution >= 0.6 is 0 Å². The van der Waals surface area contributed by atoms with Crippen molar-refractivity contribution in [2.24, 2.45) is 0 Å². The van der Waals surface area contributed by atoms with Gasteiger partial charge in [-0.15, -0.1) is 0 Å². The highest BCUT2D eigenvalue weighted by Gasteiger charge is 2.09. The van der Waals surface area contributed by atoms with Crippen LogP contribution in [0.5, 0.6) is 0 Å². The van der Waals surface area contributed by atoms with Crippen molar-refractivity contribution in [1.82, 2.24) is 0 Å². The molecule has 2 nitrogen and oxygen atoms in total. The van der Waals surface area contributed by atoms with Crippen LogP contribution in [0.2, 0.25) is 0 Å². The first-order valence-electron chi connectivity index (χ1n) is 3.92. The molecule has 0 N–H and O–H groups in total. The summed E-state index contributed by atoms with van der Waals surface area (Å²) in [6.45, 7) is 2.38. The van der Waals surface area contributed by atoms with Gasteiger partial charge in [-0.1, -0.05) is 30.3 Å². The number of benzene rings is 1. The lowest BCUT2D eigenvalue weighted by Crippen LogP contribution is -2.04. The van der Waals surface area contributed by atoms with Crippen LogP contribution in [0.15, 0.2) is 30.3 Å². The second-order valence-electron chi connectivity index (χ2n) is 2.36. The summed E-state index contributed by atoms with van der Waals surface area (Å²) in [5.74, 6) is 0. The van der Waals surface area contributed by atoms with E-state index in [1.54, 1.807) is 0 Å². The smallest absolute Gasteiger partial charge is 0.234 e. The lowest BCUT2D eigenvalue weighted by molar-refractivity contribution is 0.108. The molecule has 0 saturated heterocycles. The van der Waals surface area contributed by atoms with Gasteiger partial charge in [-0.05, 0) is 12.5 Å².